The molecule has 1 rings (SSSR count). The molecule has 0 aromatic heterocycles. The summed E-state index contributed by atoms with van der Waals surface area (Å²) in [4.78, 5) is 0. The third-order valence-corrected chi connectivity index (χ3v) is 3.04. The largest absolute Gasteiger partial charge is 0.402 e. The fraction of sp³-hybridized carbons (Fsp3) is 0.538. The lowest BCUT2D eigenvalue weighted by Crippen LogP contribution is -2.49. The van der Waals surface area contributed by atoms with Gasteiger partial charge in [0.2, 0.25) is 0 Å². The van der Waals surface area contributed by atoms with Crippen LogP contribution in [0.3, 0.4) is 0 Å². The van der Waals surface area contributed by atoms with Crippen LogP contribution in [0.15, 0.2) is 24.3 Å². The second kappa shape index (κ2) is 6.03. The maximum absolute atomic E-state index is 12.5. The third-order valence-electron chi connectivity index (χ3n) is 3.04. The zero-order valence-electron chi connectivity index (χ0n) is 10.7. The van der Waals surface area contributed by atoms with Crippen LogP contribution in [0.4, 0.5) is 26.3 Å². The van der Waals surface area contributed by atoms with E-state index in [2.05, 4.69) is 0 Å². The van der Waals surface area contributed by atoms with E-state index < -0.39 is 30.7 Å². The first-order chi connectivity index (χ1) is 9.05. The van der Waals surface area contributed by atoms with Crippen molar-refractivity contribution in [1.82, 2.24) is 0 Å². The van der Waals surface area contributed by atoms with Gasteiger partial charge in [-0.15, -0.1) is 0 Å². The van der Waals surface area contributed by atoms with Gasteiger partial charge >= 0.3 is 12.4 Å². The highest BCUT2D eigenvalue weighted by molar-refractivity contribution is 5.23. The molecule has 1 unspecified atom stereocenters. The Kier molecular flexibility index (Phi) is 5.07. The molecule has 0 amide bonds. The van der Waals surface area contributed by atoms with Gasteiger partial charge in [-0.1, -0.05) is 31.2 Å². The Morgan fingerprint density at radius 2 is 1.30 bits per heavy atom. The second-order valence-electron chi connectivity index (χ2n) is 4.60. The Balaban J connectivity index is 2.88. The van der Waals surface area contributed by atoms with Crippen molar-refractivity contribution in [2.75, 3.05) is 0 Å². The standard InChI is InChI=1S/C13H15F6N/c1-2-8-3-5-9(6-4-8)7-10(20)11(12(14,15)16)13(17,18)19/h3-6,10-11H,2,7,20H2,1H3. The van der Waals surface area contributed by atoms with Crippen molar-refractivity contribution < 1.29 is 26.3 Å². The molecule has 0 aliphatic carbocycles. The van der Waals surface area contributed by atoms with Gasteiger partial charge in [-0.25, -0.2) is 0 Å². The van der Waals surface area contributed by atoms with Gasteiger partial charge in [0.1, 0.15) is 0 Å². The van der Waals surface area contributed by atoms with E-state index in [4.69, 9.17) is 5.73 Å². The maximum Gasteiger partial charge on any atom is 0.402 e. The molecular weight excluding hydrogens is 284 g/mol. The van der Waals surface area contributed by atoms with Crippen LogP contribution >= 0.6 is 0 Å². The summed E-state index contributed by atoms with van der Waals surface area (Å²) in [7, 11) is 0. The predicted octanol–water partition coefficient (Wildman–Crippen LogP) is 3.86. The number of hydrogen-bond donors (Lipinski definition) is 1. The lowest BCUT2D eigenvalue weighted by atomic mass is 9.92. The zero-order chi connectivity index (χ0) is 15.6. The predicted molar refractivity (Wildman–Crippen MR) is 63.1 cm³/mol. The van der Waals surface area contributed by atoms with Crippen molar-refractivity contribution in [1.29, 1.82) is 0 Å². The van der Waals surface area contributed by atoms with E-state index in [-0.39, 0.29) is 0 Å². The highest BCUT2D eigenvalue weighted by Gasteiger charge is 2.59. The van der Waals surface area contributed by atoms with Crippen molar-refractivity contribution in [3.63, 3.8) is 0 Å². The number of hydrogen-bond acceptors (Lipinski definition) is 1. The van der Waals surface area contributed by atoms with Crippen LogP contribution in [0, 0.1) is 5.92 Å². The summed E-state index contributed by atoms with van der Waals surface area (Å²) < 4.78 is 74.9. The highest BCUT2D eigenvalue weighted by atomic mass is 19.4. The van der Waals surface area contributed by atoms with Crippen LogP contribution in [-0.4, -0.2) is 18.4 Å². The van der Waals surface area contributed by atoms with E-state index in [1.807, 2.05) is 6.92 Å². The molecular formula is C13H15F6N. The molecule has 1 aromatic rings. The van der Waals surface area contributed by atoms with E-state index >= 15 is 0 Å². The molecule has 0 bridgehead atoms. The maximum atomic E-state index is 12.5. The van der Waals surface area contributed by atoms with Gasteiger partial charge < -0.3 is 5.73 Å². The minimum absolute atomic E-state index is 0.355. The third kappa shape index (κ3) is 4.40. The Hall–Kier alpha value is -1.24. The van der Waals surface area contributed by atoms with Gasteiger partial charge in [-0.05, 0) is 24.0 Å². The monoisotopic (exact) mass is 299 g/mol. The van der Waals surface area contributed by atoms with Crippen molar-refractivity contribution >= 4 is 0 Å². The summed E-state index contributed by atoms with van der Waals surface area (Å²) in [6.45, 7) is 1.89. The van der Waals surface area contributed by atoms with E-state index in [9.17, 15) is 26.3 Å². The van der Waals surface area contributed by atoms with Crippen molar-refractivity contribution in [3.05, 3.63) is 35.4 Å². The van der Waals surface area contributed by atoms with Crippen LogP contribution < -0.4 is 5.73 Å². The lowest BCUT2D eigenvalue weighted by molar-refractivity contribution is -0.289. The molecule has 0 heterocycles. The quantitative estimate of drug-likeness (QED) is 0.839. The second-order valence-corrected chi connectivity index (χ2v) is 4.60. The Morgan fingerprint density at radius 3 is 1.65 bits per heavy atom. The first-order valence-corrected chi connectivity index (χ1v) is 6.02. The first-order valence-electron chi connectivity index (χ1n) is 6.02. The molecule has 0 fully saturated rings. The minimum Gasteiger partial charge on any atom is -0.327 e. The minimum atomic E-state index is -5.40. The van der Waals surface area contributed by atoms with Crippen molar-refractivity contribution in [2.45, 2.75) is 38.2 Å². The van der Waals surface area contributed by atoms with Crippen LogP contribution in [0.25, 0.3) is 0 Å². The van der Waals surface area contributed by atoms with E-state index in [0.717, 1.165) is 12.0 Å². The summed E-state index contributed by atoms with van der Waals surface area (Å²) in [5, 5.41) is 0. The number of halogens is 6. The van der Waals surface area contributed by atoms with E-state index in [1.165, 1.54) is 12.1 Å². The molecule has 0 aliphatic rings. The Labute approximate surface area is 112 Å². The van der Waals surface area contributed by atoms with E-state index in [1.54, 1.807) is 12.1 Å². The summed E-state index contributed by atoms with van der Waals surface area (Å²) in [5.74, 6) is -3.51. The fourth-order valence-electron chi connectivity index (χ4n) is 1.97. The van der Waals surface area contributed by atoms with Crippen LogP contribution in [0.5, 0.6) is 0 Å². The SMILES string of the molecule is CCc1ccc(CC(N)C(C(F)(F)F)C(F)(F)F)cc1. The van der Waals surface area contributed by atoms with Gasteiger partial charge in [0.25, 0.3) is 0 Å². The molecule has 2 N–H and O–H groups in total. The Morgan fingerprint density at radius 1 is 0.900 bits per heavy atom. The van der Waals surface area contributed by atoms with Gasteiger partial charge in [0, 0.05) is 6.04 Å². The van der Waals surface area contributed by atoms with Gasteiger partial charge in [0.05, 0.1) is 0 Å². The molecule has 0 saturated heterocycles. The Bertz CT molecular complexity index is 406. The number of aryl methyl sites for hydroxylation is 1. The molecule has 0 spiro atoms. The van der Waals surface area contributed by atoms with Gasteiger partial charge in [-0.3, -0.25) is 0 Å². The molecule has 0 aliphatic heterocycles. The van der Waals surface area contributed by atoms with Crippen LogP contribution in [-0.2, 0) is 12.8 Å². The number of alkyl halides is 6. The average Bonchev–Trinajstić information content (AvgIpc) is 2.25. The molecule has 0 radical (unpaired) electrons. The summed E-state index contributed by atoms with van der Waals surface area (Å²) in [6, 6.07) is 4.28. The molecule has 7 heteroatoms. The summed E-state index contributed by atoms with van der Waals surface area (Å²) in [6.07, 6.45) is -10.5. The molecule has 0 saturated carbocycles. The number of rotatable bonds is 4. The summed E-state index contributed by atoms with van der Waals surface area (Å²) >= 11 is 0. The van der Waals surface area contributed by atoms with Gasteiger partial charge in [0.15, 0.2) is 5.92 Å². The van der Waals surface area contributed by atoms with Gasteiger partial charge in [-0.2, -0.15) is 26.3 Å². The van der Waals surface area contributed by atoms with Crippen molar-refractivity contribution in [2.24, 2.45) is 11.7 Å². The topological polar surface area (TPSA) is 26.0 Å². The molecule has 1 nitrogen and oxygen atoms in total. The lowest BCUT2D eigenvalue weighted by Gasteiger charge is -2.28. The molecule has 114 valence electrons. The average molecular weight is 299 g/mol. The zero-order valence-corrected chi connectivity index (χ0v) is 10.7. The number of nitrogens with two attached hydrogens (primary N) is 1. The molecule has 1 aromatic carbocycles. The van der Waals surface area contributed by atoms with E-state index in [0.29, 0.717) is 5.56 Å². The highest BCUT2D eigenvalue weighted by Crippen LogP contribution is 2.41. The molecule has 20 heavy (non-hydrogen) atoms. The first kappa shape index (κ1) is 16.8. The molecule has 1 atom stereocenters. The van der Waals surface area contributed by atoms with Crippen molar-refractivity contribution in [3.8, 4) is 0 Å². The fourth-order valence-corrected chi connectivity index (χ4v) is 1.97. The summed E-state index contributed by atoms with van der Waals surface area (Å²) in [5.41, 5.74) is 6.46. The smallest absolute Gasteiger partial charge is 0.327 e. The van der Waals surface area contributed by atoms with Crippen LogP contribution in [0.2, 0.25) is 0 Å². The number of benzene rings is 1. The van der Waals surface area contributed by atoms with Crippen LogP contribution in [0.1, 0.15) is 18.1 Å². The normalized spacial score (nSPS) is 14.7.